The summed E-state index contributed by atoms with van der Waals surface area (Å²) in [6.07, 6.45) is 0. The first-order chi connectivity index (χ1) is 14.9. The lowest BCUT2D eigenvalue weighted by Gasteiger charge is -2.34. The standard InChI is InChI=1S/C21H24N2O6S2/c1-2-30(25)20-6-4-3-5-17(20)21(24)22-9-11-23(12-10-22)31(26,27)16-7-8-18-19(15-16)29-14-13-28-18/h3-8,15H,2,9-14H2,1H3/t30-/m1/s1. The molecule has 2 aliphatic heterocycles. The number of hydrogen-bond acceptors (Lipinski definition) is 6. The molecule has 0 aliphatic carbocycles. The van der Waals surface area contributed by atoms with E-state index in [0.29, 0.717) is 40.9 Å². The van der Waals surface area contributed by atoms with Crippen molar-refractivity contribution < 1.29 is 26.9 Å². The minimum absolute atomic E-state index is 0.139. The maximum absolute atomic E-state index is 13.1. The second-order valence-electron chi connectivity index (χ2n) is 7.13. The van der Waals surface area contributed by atoms with Crippen molar-refractivity contribution in [3.05, 3.63) is 48.0 Å². The van der Waals surface area contributed by atoms with E-state index in [0.717, 1.165) is 0 Å². The zero-order chi connectivity index (χ0) is 22.0. The SMILES string of the molecule is CC[S@@](=O)c1ccccc1C(=O)N1CCN(S(=O)(=O)c2ccc3c(c2)OCCO3)CC1. The summed E-state index contributed by atoms with van der Waals surface area (Å²) >= 11 is 0. The third-order valence-corrected chi connectivity index (χ3v) is 8.57. The van der Waals surface area contributed by atoms with E-state index in [2.05, 4.69) is 0 Å². The summed E-state index contributed by atoms with van der Waals surface area (Å²) in [7, 11) is -4.97. The van der Waals surface area contributed by atoms with Gasteiger partial charge in [-0.3, -0.25) is 9.00 Å². The van der Waals surface area contributed by atoms with Crippen molar-refractivity contribution in [1.82, 2.24) is 9.21 Å². The summed E-state index contributed by atoms with van der Waals surface area (Å²) in [5.41, 5.74) is 0.408. The molecule has 2 aromatic rings. The number of carbonyl (C=O) groups excluding carboxylic acids is 1. The summed E-state index contributed by atoms with van der Waals surface area (Å²) in [6, 6.07) is 11.5. The lowest BCUT2D eigenvalue weighted by atomic mass is 10.2. The van der Waals surface area contributed by atoms with Gasteiger partial charge in [-0.05, 0) is 24.3 Å². The van der Waals surface area contributed by atoms with Crippen molar-refractivity contribution in [2.45, 2.75) is 16.7 Å². The van der Waals surface area contributed by atoms with Crippen LogP contribution in [0.4, 0.5) is 0 Å². The normalized spacial score (nSPS) is 17.9. The second-order valence-corrected chi connectivity index (χ2v) is 10.8. The van der Waals surface area contributed by atoms with Crippen LogP contribution in [0.3, 0.4) is 0 Å². The van der Waals surface area contributed by atoms with Crippen LogP contribution in [0, 0.1) is 0 Å². The summed E-state index contributed by atoms with van der Waals surface area (Å²) in [6.45, 7) is 3.50. The lowest BCUT2D eigenvalue weighted by Crippen LogP contribution is -2.50. The molecule has 1 fully saturated rings. The van der Waals surface area contributed by atoms with E-state index in [-0.39, 0.29) is 37.0 Å². The van der Waals surface area contributed by atoms with Crippen molar-refractivity contribution in [3.8, 4) is 11.5 Å². The topological polar surface area (TPSA) is 93.2 Å². The number of fused-ring (bicyclic) bond motifs is 1. The molecule has 0 aromatic heterocycles. The molecule has 2 heterocycles. The van der Waals surface area contributed by atoms with E-state index < -0.39 is 20.8 Å². The van der Waals surface area contributed by atoms with Gasteiger partial charge >= 0.3 is 0 Å². The molecule has 0 bridgehead atoms. The minimum atomic E-state index is -3.72. The highest BCUT2D eigenvalue weighted by atomic mass is 32.2. The lowest BCUT2D eigenvalue weighted by molar-refractivity contribution is 0.0694. The molecule has 31 heavy (non-hydrogen) atoms. The maximum Gasteiger partial charge on any atom is 0.255 e. The molecule has 0 radical (unpaired) electrons. The Morgan fingerprint density at radius 1 is 1.00 bits per heavy atom. The Hall–Kier alpha value is -2.43. The Balaban J connectivity index is 1.47. The zero-order valence-electron chi connectivity index (χ0n) is 17.2. The van der Waals surface area contributed by atoms with Crippen LogP contribution in [0.25, 0.3) is 0 Å². The van der Waals surface area contributed by atoms with E-state index in [1.165, 1.54) is 16.4 Å². The predicted octanol–water partition coefficient (Wildman–Crippen LogP) is 1.73. The zero-order valence-corrected chi connectivity index (χ0v) is 18.8. The summed E-state index contributed by atoms with van der Waals surface area (Å²) < 4.78 is 50.8. The van der Waals surface area contributed by atoms with E-state index in [1.807, 2.05) is 0 Å². The molecular weight excluding hydrogens is 440 g/mol. The highest BCUT2D eigenvalue weighted by Crippen LogP contribution is 2.33. The van der Waals surface area contributed by atoms with Crippen LogP contribution in [0.15, 0.2) is 52.3 Å². The third-order valence-electron chi connectivity index (χ3n) is 5.30. The van der Waals surface area contributed by atoms with E-state index >= 15 is 0 Å². The van der Waals surface area contributed by atoms with Crippen LogP contribution in [-0.4, -0.2) is 72.9 Å². The Labute approximate surface area is 184 Å². The first kappa shape index (κ1) is 21.8. The minimum Gasteiger partial charge on any atom is -0.486 e. The molecule has 2 aromatic carbocycles. The molecule has 8 nitrogen and oxygen atoms in total. The van der Waals surface area contributed by atoms with Gasteiger partial charge in [0.05, 0.1) is 26.2 Å². The van der Waals surface area contributed by atoms with Gasteiger partial charge in [0.15, 0.2) is 11.5 Å². The van der Waals surface area contributed by atoms with Gasteiger partial charge in [-0.2, -0.15) is 4.31 Å². The number of nitrogens with zero attached hydrogens (tertiary/aromatic N) is 2. The summed E-state index contributed by atoms with van der Waals surface area (Å²) in [5.74, 6) is 1.14. The molecule has 0 N–H and O–H groups in total. The second kappa shape index (κ2) is 8.97. The highest BCUT2D eigenvalue weighted by Gasteiger charge is 2.32. The van der Waals surface area contributed by atoms with Crippen LogP contribution in [-0.2, 0) is 20.8 Å². The average molecular weight is 465 g/mol. The Kier molecular flexibility index (Phi) is 6.31. The quantitative estimate of drug-likeness (QED) is 0.669. The van der Waals surface area contributed by atoms with Crippen LogP contribution in [0.1, 0.15) is 17.3 Å². The highest BCUT2D eigenvalue weighted by molar-refractivity contribution is 7.89. The van der Waals surface area contributed by atoms with Crippen molar-refractivity contribution in [2.75, 3.05) is 45.1 Å². The van der Waals surface area contributed by atoms with Gasteiger partial charge in [0.2, 0.25) is 10.0 Å². The van der Waals surface area contributed by atoms with Crippen molar-refractivity contribution in [1.29, 1.82) is 0 Å². The molecule has 0 unspecified atom stereocenters. The predicted molar refractivity (Wildman–Crippen MR) is 115 cm³/mol. The average Bonchev–Trinajstić information content (AvgIpc) is 2.82. The maximum atomic E-state index is 13.1. The Morgan fingerprint density at radius 2 is 1.68 bits per heavy atom. The van der Waals surface area contributed by atoms with Gasteiger partial charge in [0.1, 0.15) is 13.2 Å². The van der Waals surface area contributed by atoms with Crippen LogP contribution < -0.4 is 9.47 Å². The number of rotatable bonds is 5. The molecule has 1 atom stereocenters. The molecule has 0 spiro atoms. The van der Waals surface area contributed by atoms with Crippen LogP contribution in [0.2, 0.25) is 0 Å². The van der Waals surface area contributed by atoms with E-state index in [1.54, 1.807) is 42.2 Å². The molecule has 4 rings (SSSR count). The first-order valence-corrected chi connectivity index (χ1v) is 12.8. The number of ether oxygens (including phenoxy) is 2. The number of sulfonamides is 1. The van der Waals surface area contributed by atoms with Crippen molar-refractivity contribution in [2.24, 2.45) is 0 Å². The molecule has 2 aliphatic rings. The third kappa shape index (κ3) is 4.32. The number of piperazine rings is 1. The van der Waals surface area contributed by atoms with Gasteiger partial charge in [0.25, 0.3) is 5.91 Å². The van der Waals surface area contributed by atoms with Gasteiger partial charge in [-0.15, -0.1) is 0 Å². The molecule has 1 saturated heterocycles. The number of amides is 1. The largest absolute Gasteiger partial charge is 0.486 e. The van der Waals surface area contributed by atoms with Gasteiger partial charge in [-0.25, -0.2) is 8.42 Å². The number of benzene rings is 2. The first-order valence-electron chi connectivity index (χ1n) is 10.1. The van der Waals surface area contributed by atoms with Gasteiger partial charge < -0.3 is 14.4 Å². The summed E-state index contributed by atoms with van der Waals surface area (Å²) in [4.78, 5) is 15.3. The molecular formula is C21H24N2O6S2. The van der Waals surface area contributed by atoms with Crippen molar-refractivity contribution >= 4 is 26.7 Å². The number of carbonyl (C=O) groups is 1. The Bertz CT molecular complexity index is 1110. The fourth-order valence-electron chi connectivity index (χ4n) is 3.63. The summed E-state index contributed by atoms with van der Waals surface area (Å²) in [5, 5.41) is 0. The Morgan fingerprint density at radius 3 is 2.39 bits per heavy atom. The van der Waals surface area contributed by atoms with Gasteiger partial charge in [0, 0.05) is 38.0 Å². The molecule has 10 heteroatoms. The smallest absolute Gasteiger partial charge is 0.255 e. The van der Waals surface area contributed by atoms with E-state index in [4.69, 9.17) is 9.47 Å². The molecule has 1 amide bonds. The fraction of sp³-hybridized carbons (Fsp3) is 0.381. The molecule has 0 saturated carbocycles. The van der Waals surface area contributed by atoms with E-state index in [9.17, 15) is 17.4 Å². The van der Waals surface area contributed by atoms with Crippen LogP contribution in [0.5, 0.6) is 11.5 Å². The number of hydrogen-bond donors (Lipinski definition) is 0. The molecule has 166 valence electrons. The van der Waals surface area contributed by atoms with Crippen LogP contribution >= 0.6 is 0 Å². The van der Waals surface area contributed by atoms with Crippen molar-refractivity contribution in [3.63, 3.8) is 0 Å². The fourth-order valence-corrected chi connectivity index (χ4v) is 6.01. The van der Waals surface area contributed by atoms with Gasteiger partial charge in [-0.1, -0.05) is 19.1 Å². The monoisotopic (exact) mass is 464 g/mol.